The Morgan fingerprint density at radius 2 is 2.30 bits per heavy atom. The molecule has 0 saturated carbocycles. The molecule has 2 aromatic rings. The lowest BCUT2D eigenvalue weighted by molar-refractivity contribution is -0.116. The molecule has 1 aromatic heterocycles. The molecule has 20 heavy (non-hydrogen) atoms. The highest BCUT2D eigenvalue weighted by Gasteiger charge is 2.23. The molecule has 0 radical (unpaired) electrons. The molecule has 0 fully saturated rings. The number of carbonyl (C=O) groups excluding carboxylic acids is 1. The molecule has 1 aromatic carbocycles. The summed E-state index contributed by atoms with van der Waals surface area (Å²) in [6, 6.07) is 6.68. The number of hydrogen-bond acceptors (Lipinski definition) is 1. The molecule has 3 rings (SSSR count). The summed E-state index contributed by atoms with van der Waals surface area (Å²) >= 11 is 0. The molecule has 0 saturated heterocycles. The van der Waals surface area contributed by atoms with E-state index in [1.165, 1.54) is 27.7 Å². The molecule has 0 bridgehead atoms. The van der Waals surface area contributed by atoms with Gasteiger partial charge in [-0.3, -0.25) is 4.79 Å². The average molecular weight is 266 g/mol. The van der Waals surface area contributed by atoms with Gasteiger partial charge < -0.3 is 10.3 Å². The van der Waals surface area contributed by atoms with Crippen LogP contribution in [0.1, 0.15) is 30.2 Å². The minimum Gasteiger partial charge on any atom is -0.358 e. The normalized spacial score (nSPS) is 17.2. The number of hydrogen-bond donors (Lipinski definition) is 2. The summed E-state index contributed by atoms with van der Waals surface area (Å²) < 4.78 is 0. The van der Waals surface area contributed by atoms with Crippen molar-refractivity contribution in [3.05, 3.63) is 35.0 Å². The summed E-state index contributed by atoms with van der Waals surface area (Å²) in [6.07, 6.45) is 2.83. The third-order valence-corrected chi connectivity index (χ3v) is 3.92. The van der Waals surface area contributed by atoms with E-state index >= 15 is 0 Å². The van der Waals surface area contributed by atoms with E-state index < -0.39 is 0 Å². The average Bonchev–Trinajstić information content (AvgIpc) is 2.76. The Hall–Kier alpha value is -2.21. The molecular formula is C17H18N2O. The summed E-state index contributed by atoms with van der Waals surface area (Å²) in [4.78, 5) is 15.1. The van der Waals surface area contributed by atoms with E-state index in [0.717, 1.165) is 19.3 Å². The minimum absolute atomic E-state index is 0.169. The van der Waals surface area contributed by atoms with E-state index in [9.17, 15) is 4.79 Å². The Morgan fingerprint density at radius 1 is 1.45 bits per heavy atom. The van der Waals surface area contributed by atoms with Crippen molar-refractivity contribution >= 4 is 16.8 Å². The lowest BCUT2D eigenvalue weighted by Gasteiger charge is -2.22. The van der Waals surface area contributed by atoms with E-state index in [2.05, 4.69) is 47.3 Å². The first-order chi connectivity index (χ1) is 9.67. The molecule has 0 aliphatic heterocycles. The van der Waals surface area contributed by atoms with Crippen LogP contribution in [0.15, 0.2) is 18.2 Å². The number of rotatable bonds is 1. The zero-order valence-electron chi connectivity index (χ0n) is 11.8. The quantitative estimate of drug-likeness (QED) is 0.765. The van der Waals surface area contributed by atoms with Gasteiger partial charge in [-0.05, 0) is 56.7 Å². The molecular weight excluding hydrogens is 248 g/mol. The maximum absolute atomic E-state index is 11.6. The largest absolute Gasteiger partial charge is 0.358 e. The monoisotopic (exact) mass is 266 g/mol. The highest BCUT2D eigenvalue weighted by atomic mass is 16.1. The van der Waals surface area contributed by atoms with Gasteiger partial charge in [0, 0.05) is 22.6 Å². The molecule has 1 amide bonds. The van der Waals surface area contributed by atoms with Gasteiger partial charge in [-0.15, -0.1) is 0 Å². The maximum Gasteiger partial charge on any atom is 0.296 e. The molecule has 1 atom stereocenters. The standard InChI is InChI=1S/C17H18N2O/c1-3-4-17(20)18-12-6-8-16-14(10-12)13-9-11(2)5-7-15(13)19-16/h5,7,9,12,19H,6,8,10H2,1-2H3,(H,18,20). The summed E-state index contributed by atoms with van der Waals surface area (Å²) in [6.45, 7) is 3.79. The first kappa shape index (κ1) is 12.8. The topological polar surface area (TPSA) is 44.9 Å². The van der Waals surface area contributed by atoms with Crippen LogP contribution in [0.5, 0.6) is 0 Å². The van der Waals surface area contributed by atoms with Crippen molar-refractivity contribution in [2.24, 2.45) is 0 Å². The molecule has 3 nitrogen and oxygen atoms in total. The number of fused-ring (bicyclic) bond motifs is 3. The van der Waals surface area contributed by atoms with E-state index in [-0.39, 0.29) is 11.9 Å². The van der Waals surface area contributed by atoms with Gasteiger partial charge in [0.1, 0.15) is 0 Å². The number of amides is 1. The van der Waals surface area contributed by atoms with Gasteiger partial charge in [0.15, 0.2) is 0 Å². The van der Waals surface area contributed by atoms with Crippen molar-refractivity contribution in [2.45, 2.75) is 39.2 Å². The number of aromatic amines is 1. The van der Waals surface area contributed by atoms with Gasteiger partial charge >= 0.3 is 0 Å². The first-order valence-corrected chi connectivity index (χ1v) is 7.00. The van der Waals surface area contributed by atoms with Crippen LogP contribution in [0.25, 0.3) is 10.9 Å². The molecule has 2 N–H and O–H groups in total. The van der Waals surface area contributed by atoms with Crippen LogP contribution in [0, 0.1) is 18.8 Å². The van der Waals surface area contributed by atoms with Crippen molar-refractivity contribution in [1.82, 2.24) is 10.3 Å². The van der Waals surface area contributed by atoms with Crippen LogP contribution < -0.4 is 5.32 Å². The highest BCUT2D eigenvalue weighted by Crippen LogP contribution is 2.29. The predicted molar refractivity (Wildman–Crippen MR) is 80.4 cm³/mol. The number of aryl methyl sites for hydroxylation is 2. The molecule has 1 heterocycles. The summed E-state index contributed by atoms with van der Waals surface area (Å²) in [5.74, 6) is 5.02. The molecule has 102 valence electrons. The van der Waals surface area contributed by atoms with Crippen LogP contribution in [0.2, 0.25) is 0 Å². The fraction of sp³-hybridized carbons (Fsp3) is 0.353. The fourth-order valence-corrected chi connectivity index (χ4v) is 2.99. The molecule has 3 heteroatoms. The lowest BCUT2D eigenvalue weighted by Crippen LogP contribution is -2.38. The van der Waals surface area contributed by atoms with Crippen molar-refractivity contribution in [3.8, 4) is 11.8 Å². The fourth-order valence-electron chi connectivity index (χ4n) is 2.99. The Balaban J connectivity index is 1.89. The zero-order chi connectivity index (χ0) is 14.1. The molecule has 1 aliphatic rings. The van der Waals surface area contributed by atoms with Crippen LogP contribution in [0.4, 0.5) is 0 Å². The Bertz CT molecular complexity index is 731. The molecule has 1 aliphatic carbocycles. The molecule has 0 spiro atoms. The number of carbonyl (C=O) groups is 1. The number of benzene rings is 1. The first-order valence-electron chi connectivity index (χ1n) is 7.00. The van der Waals surface area contributed by atoms with Crippen molar-refractivity contribution in [3.63, 3.8) is 0 Å². The summed E-state index contributed by atoms with van der Waals surface area (Å²) in [5.41, 5.74) is 5.13. The van der Waals surface area contributed by atoms with E-state index in [1.807, 2.05) is 0 Å². The van der Waals surface area contributed by atoms with Crippen molar-refractivity contribution in [1.29, 1.82) is 0 Å². The second-order valence-corrected chi connectivity index (χ2v) is 5.42. The lowest BCUT2D eigenvalue weighted by atomic mass is 9.91. The second-order valence-electron chi connectivity index (χ2n) is 5.42. The van der Waals surface area contributed by atoms with E-state index in [0.29, 0.717) is 0 Å². The van der Waals surface area contributed by atoms with Gasteiger partial charge in [-0.25, -0.2) is 0 Å². The van der Waals surface area contributed by atoms with Gasteiger partial charge in [-0.2, -0.15) is 0 Å². The van der Waals surface area contributed by atoms with Crippen LogP contribution in [-0.4, -0.2) is 16.9 Å². The summed E-state index contributed by atoms with van der Waals surface area (Å²) in [5, 5.41) is 4.30. The Labute approximate surface area is 118 Å². The molecule has 1 unspecified atom stereocenters. The van der Waals surface area contributed by atoms with E-state index in [1.54, 1.807) is 6.92 Å². The second kappa shape index (κ2) is 5.05. The van der Waals surface area contributed by atoms with Gasteiger partial charge in [0.25, 0.3) is 5.91 Å². The zero-order valence-corrected chi connectivity index (χ0v) is 11.8. The SMILES string of the molecule is CC#CC(=O)NC1CCc2[nH]c3ccc(C)cc3c2C1. The Morgan fingerprint density at radius 3 is 3.10 bits per heavy atom. The van der Waals surface area contributed by atoms with Gasteiger partial charge in [0.2, 0.25) is 0 Å². The smallest absolute Gasteiger partial charge is 0.296 e. The van der Waals surface area contributed by atoms with Gasteiger partial charge in [-0.1, -0.05) is 17.6 Å². The third-order valence-electron chi connectivity index (χ3n) is 3.92. The number of aromatic nitrogens is 1. The van der Waals surface area contributed by atoms with Crippen LogP contribution in [0.3, 0.4) is 0 Å². The maximum atomic E-state index is 11.6. The van der Waals surface area contributed by atoms with Crippen molar-refractivity contribution in [2.75, 3.05) is 0 Å². The van der Waals surface area contributed by atoms with Gasteiger partial charge in [0.05, 0.1) is 0 Å². The van der Waals surface area contributed by atoms with E-state index in [4.69, 9.17) is 0 Å². The third kappa shape index (κ3) is 2.30. The van der Waals surface area contributed by atoms with Crippen LogP contribution in [-0.2, 0) is 17.6 Å². The summed E-state index contributed by atoms with van der Waals surface area (Å²) in [7, 11) is 0. The number of H-pyrrole nitrogens is 1. The Kier molecular flexibility index (Phi) is 3.23. The minimum atomic E-state index is -0.169. The predicted octanol–water partition coefficient (Wildman–Crippen LogP) is 2.47. The van der Waals surface area contributed by atoms with Crippen LogP contribution >= 0.6 is 0 Å². The number of nitrogens with one attached hydrogen (secondary N) is 2. The highest BCUT2D eigenvalue weighted by molar-refractivity contribution is 5.93. The van der Waals surface area contributed by atoms with Crippen molar-refractivity contribution < 1.29 is 4.79 Å².